The van der Waals surface area contributed by atoms with Crippen molar-refractivity contribution in [2.45, 2.75) is 19.3 Å². The largest absolute Gasteiger partial charge is 0.508 e. The predicted molar refractivity (Wildman–Crippen MR) is 64.6 cm³/mol. The van der Waals surface area contributed by atoms with Crippen LogP contribution in [0.4, 0.5) is 0 Å². The minimum atomic E-state index is 0.324. The second kappa shape index (κ2) is 4.79. The summed E-state index contributed by atoms with van der Waals surface area (Å²) in [6.07, 6.45) is 2.99. The molecule has 2 aromatic carbocycles. The van der Waals surface area contributed by atoms with Crippen molar-refractivity contribution in [2.75, 3.05) is 0 Å². The van der Waals surface area contributed by atoms with Crippen molar-refractivity contribution in [2.24, 2.45) is 0 Å². The molecule has 2 rings (SSSR count). The molecule has 0 saturated carbocycles. The Hall–Kier alpha value is -1.83. The Morgan fingerprint density at radius 3 is 2.75 bits per heavy atom. The third kappa shape index (κ3) is 2.06. The van der Waals surface area contributed by atoms with Crippen LogP contribution in [0.15, 0.2) is 36.4 Å². The molecule has 0 aliphatic carbocycles. The lowest BCUT2D eigenvalue weighted by Crippen LogP contribution is -1.89. The number of phenols is 1. The lowest BCUT2D eigenvalue weighted by atomic mass is 9.99. The van der Waals surface area contributed by atoms with E-state index < -0.39 is 0 Å². The molecule has 0 bridgehead atoms. The molecule has 0 heterocycles. The molecular weight excluding hydrogens is 200 g/mol. The van der Waals surface area contributed by atoms with Crippen LogP contribution >= 0.6 is 0 Å². The maximum atomic E-state index is 10.3. The number of carbonyl (C=O) groups excluding carboxylic acids is 1. The van der Waals surface area contributed by atoms with Crippen molar-refractivity contribution in [3.05, 3.63) is 42.0 Å². The van der Waals surface area contributed by atoms with Gasteiger partial charge in [0.05, 0.1) is 0 Å². The van der Waals surface area contributed by atoms with Gasteiger partial charge in [-0.15, -0.1) is 0 Å². The van der Waals surface area contributed by atoms with Gasteiger partial charge >= 0.3 is 0 Å². The van der Waals surface area contributed by atoms with Crippen LogP contribution in [0.1, 0.15) is 18.4 Å². The van der Waals surface area contributed by atoms with Gasteiger partial charge in [-0.25, -0.2) is 0 Å². The highest BCUT2D eigenvalue weighted by Crippen LogP contribution is 2.28. The molecule has 0 aromatic heterocycles. The molecule has 0 spiro atoms. The zero-order chi connectivity index (χ0) is 11.4. The first-order valence-electron chi connectivity index (χ1n) is 5.46. The van der Waals surface area contributed by atoms with Gasteiger partial charge in [-0.05, 0) is 29.7 Å². The Morgan fingerprint density at radius 1 is 1.12 bits per heavy atom. The minimum absolute atomic E-state index is 0.324. The van der Waals surface area contributed by atoms with E-state index in [4.69, 9.17) is 0 Å². The summed E-state index contributed by atoms with van der Waals surface area (Å²) < 4.78 is 0. The van der Waals surface area contributed by atoms with Crippen LogP contribution in [0, 0.1) is 0 Å². The number of benzene rings is 2. The SMILES string of the molecule is O=CCCCc1c(O)ccc2ccccc12. The van der Waals surface area contributed by atoms with E-state index in [2.05, 4.69) is 0 Å². The molecule has 0 saturated heterocycles. The molecule has 0 aliphatic rings. The molecule has 16 heavy (non-hydrogen) atoms. The van der Waals surface area contributed by atoms with E-state index in [0.29, 0.717) is 12.2 Å². The fourth-order valence-corrected chi connectivity index (χ4v) is 1.95. The first kappa shape index (κ1) is 10.7. The quantitative estimate of drug-likeness (QED) is 0.627. The van der Waals surface area contributed by atoms with Crippen molar-refractivity contribution in [3.8, 4) is 5.75 Å². The maximum absolute atomic E-state index is 10.3. The van der Waals surface area contributed by atoms with Gasteiger partial charge in [0.25, 0.3) is 0 Å². The summed E-state index contributed by atoms with van der Waals surface area (Å²) in [5.41, 5.74) is 0.944. The molecule has 82 valence electrons. The third-order valence-corrected chi connectivity index (χ3v) is 2.76. The summed E-state index contributed by atoms with van der Waals surface area (Å²) in [4.78, 5) is 10.3. The number of aldehydes is 1. The van der Waals surface area contributed by atoms with Gasteiger partial charge in [0.2, 0.25) is 0 Å². The number of hydrogen-bond donors (Lipinski definition) is 1. The molecule has 2 heteroatoms. The first-order valence-corrected chi connectivity index (χ1v) is 5.46. The molecule has 2 nitrogen and oxygen atoms in total. The summed E-state index contributed by atoms with van der Waals surface area (Å²) in [6, 6.07) is 11.6. The van der Waals surface area contributed by atoms with Gasteiger partial charge in [0.1, 0.15) is 12.0 Å². The number of rotatable bonds is 4. The second-order valence-electron chi connectivity index (χ2n) is 3.84. The van der Waals surface area contributed by atoms with E-state index in [0.717, 1.165) is 35.5 Å². The van der Waals surface area contributed by atoms with Gasteiger partial charge in [-0.3, -0.25) is 0 Å². The fourth-order valence-electron chi connectivity index (χ4n) is 1.95. The number of phenolic OH excluding ortho intramolecular Hbond substituents is 1. The second-order valence-corrected chi connectivity index (χ2v) is 3.84. The van der Waals surface area contributed by atoms with E-state index >= 15 is 0 Å². The van der Waals surface area contributed by atoms with Crippen LogP contribution in [0.25, 0.3) is 10.8 Å². The van der Waals surface area contributed by atoms with Crippen LogP contribution in [-0.2, 0) is 11.2 Å². The Morgan fingerprint density at radius 2 is 1.94 bits per heavy atom. The smallest absolute Gasteiger partial charge is 0.120 e. The summed E-state index contributed by atoms with van der Waals surface area (Å²) in [7, 11) is 0. The third-order valence-electron chi connectivity index (χ3n) is 2.76. The zero-order valence-corrected chi connectivity index (χ0v) is 9.02. The molecule has 0 atom stereocenters. The number of fused-ring (bicyclic) bond motifs is 1. The van der Waals surface area contributed by atoms with Crippen molar-refractivity contribution in [3.63, 3.8) is 0 Å². The van der Waals surface area contributed by atoms with Crippen LogP contribution in [0.5, 0.6) is 5.75 Å². The van der Waals surface area contributed by atoms with Crippen LogP contribution in [0.2, 0.25) is 0 Å². The number of hydrogen-bond acceptors (Lipinski definition) is 2. The molecule has 0 fully saturated rings. The number of carbonyl (C=O) groups is 1. The highest BCUT2D eigenvalue weighted by molar-refractivity contribution is 5.87. The van der Waals surface area contributed by atoms with Gasteiger partial charge in [-0.1, -0.05) is 30.3 Å². The molecule has 0 unspecified atom stereocenters. The predicted octanol–water partition coefficient (Wildman–Crippen LogP) is 3.07. The first-order chi connectivity index (χ1) is 7.83. The van der Waals surface area contributed by atoms with Gasteiger partial charge in [-0.2, -0.15) is 0 Å². The fraction of sp³-hybridized carbons (Fsp3) is 0.214. The Labute approximate surface area is 94.5 Å². The van der Waals surface area contributed by atoms with Gasteiger partial charge < -0.3 is 9.90 Å². The van der Waals surface area contributed by atoms with Crippen molar-refractivity contribution in [1.29, 1.82) is 0 Å². The average Bonchev–Trinajstić information content (AvgIpc) is 2.32. The molecule has 0 aliphatic heterocycles. The van der Waals surface area contributed by atoms with E-state index in [1.54, 1.807) is 6.07 Å². The number of aryl methyl sites for hydroxylation is 1. The Balaban J connectivity index is 2.40. The molecule has 0 radical (unpaired) electrons. The monoisotopic (exact) mass is 214 g/mol. The van der Waals surface area contributed by atoms with E-state index in [9.17, 15) is 9.90 Å². The van der Waals surface area contributed by atoms with E-state index in [1.807, 2.05) is 30.3 Å². The Kier molecular flexibility index (Phi) is 3.20. The summed E-state index contributed by atoms with van der Waals surface area (Å²) >= 11 is 0. The highest BCUT2D eigenvalue weighted by atomic mass is 16.3. The summed E-state index contributed by atoms with van der Waals surface area (Å²) in [5, 5.41) is 12.0. The standard InChI is InChI=1S/C14H14O2/c15-10-4-3-7-13-12-6-2-1-5-11(12)8-9-14(13)16/h1-2,5-6,8-10,16H,3-4,7H2. The van der Waals surface area contributed by atoms with Crippen molar-refractivity contribution >= 4 is 17.1 Å². The normalized spacial score (nSPS) is 10.5. The van der Waals surface area contributed by atoms with E-state index in [-0.39, 0.29) is 0 Å². The molecule has 1 N–H and O–H groups in total. The van der Waals surface area contributed by atoms with Crippen LogP contribution in [-0.4, -0.2) is 11.4 Å². The van der Waals surface area contributed by atoms with E-state index in [1.165, 1.54) is 0 Å². The van der Waals surface area contributed by atoms with Crippen LogP contribution in [0.3, 0.4) is 0 Å². The lowest BCUT2D eigenvalue weighted by molar-refractivity contribution is -0.107. The maximum Gasteiger partial charge on any atom is 0.120 e. The van der Waals surface area contributed by atoms with Crippen LogP contribution < -0.4 is 0 Å². The minimum Gasteiger partial charge on any atom is -0.508 e. The van der Waals surface area contributed by atoms with Gasteiger partial charge in [0.15, 0.2) is 0 Å². The number of aromatic hydroxyl groups is 1. The summed E-state index contributed by atoms with van der Waals surface area (Å²) in [6.45, 7) is 0. The lowest BCUT2D eigenvalue weighted by Gasteiger charge is -2.08. The molecule has 0 amide bonds. The van der Waals surface area contributed by atoms with Crippen molar-refractivity contribution in [1.82, 2.24) is 0 Å². The molecule has 2 aromatic rings. The summed E-state index contributed by atoms with van der Waals surface area (Å²) in [5.74, 6) is 0.324. The topological polar surface area (TPSA) is 37.3 Å². The number of unbranched alkanes of at least 4 members (excludes halogenated alkanes) is 1. The van der Waals surface area contributed by atoms with Gasteiger partial charge in [0, 0.05) is 12.0 Å². The highest BCUT2D eigenvalue weighted by Gasteiger charge is 2.05. The average molecular weight is 214 g/mol. The molecular formula is C14H14O2. The Bertz CT molecular complexity index is 503. The zero-order valence-electron chi connectivity index (χ0n) is 9.02. The van der Waals surface area contributed by atoms with Crippen molar-refractivity contribution < 1.29 is 9.90 Å².